The van der Waals surface area contributed by atoms with Crippen LogP contribution in [0.4, 0.5) is 5.82 Å². The number of aromatic amines is 1. The highest BCUT2D eigenvalue weighted by atomic mass is 32.1. The molecule has 1 N–H and O–H groups in total. The van der Waals surface area contributed by atoms with Crippen LogP contribution in [0.15, 0.2) is 42.2 Å². The molecule has 0 spiro atoms. The van der Waals surface area contributed by atoms with Crippen LogP contribution in [0.1, 0.15) is 19.3 Å². The van der Waals surface area contributed by atoms with Crippen LogP contribution >= 0.6 is 11.3 Å². The van der Waals surface area contributed by atoms with Gasteiger partial charge in [-0.2, -0.15) is 0 Å². The molecule has 0 aliphatic carbocycles. The maximum Gasteiger partial charge on any atom is 0.159 e. The molecule has 0 amide bonds. The van der Waals surface area contributed by atoms with E-state index in [1.807, 2.05) is 24.0 Å². The van der Waals surface area contributed by atoms with E-state index in [9.17, 15) is 0 Å². The van der Waals surface area contributed by atoms with Crippen molar-refractivity contribution in [3.8, 4) is 22.9 Å². The third kappa shape index (κ3) is 3.67. The number of piperidine rings is 1. The Hall–Kier alpha value is -3.30. The van der Waals surface area contributed by atoms with Crippen molar-refractivity contribution in [2.24, 2.45) is 0 Å². The number of nitrogens with zero attached hydrogens (tertiary/aromatic N) is 6. The van der Waals surface area contributed by atoms with Gasteiger partial charge in [-0.3, -0.25) is 0 Å². The van der Waals surface area contributed by atoms with Crippen molar-refractivity contribution in [1.82, 2.24) is 29.5 Å². The van der Waals surface area contributed by atoms with Crippen LogP contribution in [0.5, 0.6) is 0 Å². The Bertz CT molecular complexity index is 1410. The summed E-state index contributed by atoms with van der Waals surface area (Å²) < 4.78 is 8.78. The van der Waals surface area contributed by atoms with Gasteiger partial charge in [0.1, 0.15) is 17.0 Å². The van der Waals surface area contributed by atoms with Crippen molar-refractivity contribution in [1.29, 1.82) is 0 Å². The lowest BCUT2D eigenvalue weighted by Gasteiger charge is -2.27. The SMILES string of the molecule is COCCn1c(-c2cnc(-c3ccc4scnc4c3)[nH]2)nc2c(N3CCCCC3)nccc21. The van der Waals surface area contributed by atoms with Gasteiger partial charge in [-0.1, -0.05) is 0 Å². The predicted octanol–water partition coefficient (Wildman–Crippen LogP) is 4.73. The van der Waals surface area contributed by atoms with E-state index >= 15 is 0 Å². The average molecular weight is 460 g/mol. The van der Waals surface area contributed by atoms with E-state index in [4.69, 9.17) is 14.7 Å². The lowest BCUT2D eigenvalue weighted by Crippen LogP contribution is -2.30. The second-order valence-corrected chi connectivity index (χ2v) is 9.20. The molecule has 1 aliphatic heterocycles. The molecule has 6 rings (SSSR count). The van der Waals surface area contributed by atoms with Crippen LogP contribution in [0.2, 0.25) is 0 Å². The van der Waals surface area contributed by atoms with E-state index in [0.29, 0.717) is 13.2 Å². The fourth-order valence-corrected chi connectivity index (χ4v) is 5.24. The van der Waals surface area contributed by atoms with E-state index in [0.717, 1.165) is 58.4 Å². The predicted molar refractivity (Wildman–Crippen MR) is 132 cm³/mol. The van der Waals surface area contributed by atoms with Crippen molar-refractivity contribution in [2.75, 3.05) is 31.7 Å². The van der Waals surface area contributed by atoms with Gasteiger partial charge >= 0.3 is 0 Å². The zero-order valence-corrected chi connectivity index (χ0v) is 19.3. The number of pyridine rings is 1. The monoisotopic (exact) mass is 459 g/mol. The van der Waals surface area contributed by atoms with Gasteiger partial charge in [0.15, 0.2) is 11.6 Å². The van der Waals surface area contributed by atoms with Crippen molar-refractivity contribution in [3.63, 3.8) is 0 Å². The number of H-pyrrole nitrogens is 1. The zero-order valence-electron chi connectivity index (χ0n) is 18.5. The van der Waals surface area contributed by atoms with Crippen LogP contribution in [0.3, 0.4) is 0 Å². The second-order valence-electron chi connectivity index (χ2n) is 8.31. The van der Waals surface area contributed by atoms with Gasteiger partial charge in [-0.25, -0.2) is 19.9 Å². The molecular formula is C24H25N7OS. The molecule has 1 aromatic carbocycles. The summed E-state index contributed by atoms with van der Waals surface area (Å²) >= 11 is 1.64. The second kappa shape index (κ2) is 8.57. The highest BCUT2D eigenvalue weighted by molar-refractivity contribution is 7.16. The Balaban J connectivity index is 1.44. The molecule has 4 aromatic heterocycles. The Morgan fingerprint density at radius 2 is 2.00 bits per heavy atom. The first-order valence-corrected chi connectivity index (χ1v) is 12.2. The summed E-state index contributed by atoms with van der Waals surface area (Å²) in [5.41, 5.74) is 6.74. The van der Waals surface area contributed by atoms with Gasteiger partial charge < -0.3 is 19.2 Å². The lowest BCUT2D eigenvalue weighted by atomic mass is 10.1. The van der Waals surface area contributed by atoms with E-state index in [1.54, 1.807) is 18.4 Å². The molecule has 5 aromatic rings. The van der Waals surface area contributed by atoms with Crippen molar-refractivity contribution in [3.05, 3.63) is 42.2 Å². The molecule has 8 nitrogen and oxygen atoms in total. The standard InChI is InChI=1S/C24H25N7OS/c1-32-12-11-31-19-7-8-25-24(30-9-3-2-4-10-30)21(19)29-23(31)18-14-26-22(28-18)16-5-6-20-17(13-16)27-15-33-20/h5-8,13-15H,2-4,9-12H2,1H3,(H,26,28). The number of hydrogen-bond donors (Lipinski definition) is 1. The number of anilines is 1. The van der Waals surface area contributed by atoms with Crippen molar-refractivity contribution in [2.45, 2.75) is 25.8 Å². The number of nitrogens with one attached hydrogen (secondary N) is 1. The fraction of sp³-hybridized carbons (Fsp3) is 0.333. The maximum atomic E-state index is 5.40. The van der Waals surface area contributed by atoms with E-state index < -0.39 is 0 Å². The summed E-state index contributed by atoms with van der Waals surface area (Å²) in [4.78, 5) is 24.8. The molecule has 5 heterocycles. The molecule has 0 unspecified atom stereocenters. The van der Waals surface area contributed by atoms with Gasteiger partial charge in [-0.05, 0) is 43.5 Å². The highest BCUT2D eigenvalue weighted by Crippen LogP contribution is 2.32. The largest absolute Gasteiger partial charge is 0.383 e. The minimum Gasteiger partial charge on any atom is -0.383 e. The summed E-state index contributed by atoms with van der Waals surface area (Å²) in [6.45, 7) is 3.35. The first-order valence-electron chi connectivity index (χ1n) is 11.3. The lowest BCUT2D eigenvalue weighted by molar-refractivity contribution is 0.188. The third-order valence-corrected chi connectivity index (χ3v) is 7.05. The quantitative estimate of drug-likeness (QED) is 0.395. The van der Waals surface area contributed by atoms with Gasteiger partial charge in [0.25, 0.3) is 0 Å². The minimum atomic E-state index is 0.599. The molecule has 0 radical (unpaired) electrons. The summed E-state index contributed by atoms with van der Waals surface area (Å²) in [7, 11) is 1.72. The Kier molecular flexibility index (Phi) is 5.27. The topological polar surface area (TPSA) is 84.8 Å². The smallest absolute Gasteiger partial charge is 0.159 e. The number of ether oxygens (including phenoxy) is 1. The van der Waals surface area contributed by atoms with E-state index in [-0.39, 0.29) is 0 Å². The molecule has 0 atom stereocenters. The third-order valence-electron chi connectivity index (χ3n) is 6.24. The fourth-order valence-electron chi connectivity index (χ4n) is 4.58. The first-order chi connectivity index (χ1) is 16.3. The molecule has 0 saturated carbocycles. The van der Waals surface area contributed by atoms with Crippen molar-refractivity contribution >= 4 is 38.4 Å². The summed E-state index contributed by atoms with van der Waals surface area (Å²) in [5.74, 6) is 2.62. The first kappa shape index (κ1) is 20.3. The van der Waals surface area contributed by atoms with E-state index in [1.165, 1.54) is 24.0 Å². The minimum absolute atomic E-state index is 0.599. The number of benzene rings is 1. The van der Waals surface area contributed by atoms with Crippen molar-refractivity contribution < 1.29 is 4.74 Å². The Morgan fingerprint density at radius 3 is 2.88 bits per heavy atom. The maximum absolute atomic E-state index is 5.40. The molecular weight excluding hydrogens is 434 g/mol. The molecule has 9 heteroatoms. The number of fused-ring (bicyclic) bond motifs is 2. The number of rotatable bonds is 6. The van der Waals surface area contributed by atoms with Gasteiger partial charge in [-0.15, -0.1) is 11.3 Å². The van der Waals surface area contributed by atoms with Gasteiger partial charge in [0.05, 0.1) is 34.0 Å². The Labute approximate surface area is 195 Å². The van der Waals surface area contributed by atoms with Crippen LogP contribution < -0.4 is 4.90 Å². The summed E-state index contributed by atoms with van der Waals surface area (Å²) in [6, 6.07) is 8.29. The van der Waals surface area contributed by atoms with Gasteiger partial charge in [0.2, 0.25) is 0 Å². The molecule has 1 aliphatic rings. The number of methoxy groups -OCH3 is 1. The normalized spacial score (nSPS) is 14.5. The van der Waals surface area contributed by atoms with Crippen LogP contribution in [-0.2, 0) is 11.3 Å². The summed E-state index contributed by atoms with van der Waals surface area (Å²) in [5, 5.41) is 0. The number of hydrogen-bond acceptors (Lipinski definition) is 7. The van der Waals surface area contributed by atoms with Crippen LogP contribution in [-0.4, -0.2) is 56.3 Å². The van der Waals surface area contributed by atoms with Crippen LogP contribution in [0, 0.1) is 0 Å². The number of imidazole rings is 2. The molecule has 1 saturated heterocycles. The summed E-state index contributed by atoms with van der Waals surface area (Å²) in [6.07, 6.45) is 7.43. The number of thiazole rings is 1. The molecule has 33 heavy (non-hydrogen) atoms. The van der Waals surface area contributed by atoms with E-state index in [2.05, 4.69) is 42.6 Å². The zero-order chi connectivity index (χ0) is 22.2. The highest BCUT2D eigenvalue weighted by Gasteiger charge is 2.21. The molecule has 0 bridgehead atoms. The average Bonchev–Trinajstić information content (AvgIpc) is 3.60. The van der Waals surface area contributed by atoms with Crippen LogP contribution in [0.25, 0.3) is 44.2 Å². The Morgan fingerprint density at radius 1 is 1.09 bits per heavy atom. The van der Waals surface area contributed by atoms with Gasteiger partial charge in [0, 0.05) is 38.5 Å². The molecule has 168 valence electrons. The molecule has 1 fully saturated rings. The number of aromatic nitrogens is 6.